The Morgan fingerprint density at radius 1 is 1.42 bits per heavy atom. The molecular formula is C13H16ClNO3S. The third kappa shape index (κ3) is 3.48. The van der Waals surface area contributed by atoms with Crippen molar-refractivity contribution in [3.63, 3.8) is 0 Å². The Morgan fingerprint density at radius 2 is 2.11 bits per heavy atom. The highest BCUT2D eigenvalue weighted by atomic mass is 35.5. The minimum Gasteiger partial charge on any atom is -0.341 e. The fourth-order valence-electron chi connectivity index (χ4n) is 2.22. The van der Waals surface area contributed by atoms with Crippen LogP contribution in [0, 0.1) is 0 Å². The summed E-state index contributed by atoms with van der Waals surface area (Å²) >= 11 is 6.01. The molecular weight excluding hydrogens is 286 g/mol. The molecule has 19 heavy (non-hydrogen) atoms. The van der Waals surface area contributed by atoms with Gasteiger partial charge >= 0.3 is 0 Å². The maximum Gasteiger partial charge on any atom is 0.227 e. The van der Waals surface area contributed by atoms with Crippen LogP contribution in [0.4, 0.5) is 0 Å². The zero-order valence-electron chi connectivity index (χ0n) is 10.7. The molecule has 1 aliphatic heterocycles. The molecule has 1 aromatic rings. The summed E-state index contributed by atoms with van der Waals surface area (Å²) in [5.41, 5.74) is 0.775. The predicted molar refractivity (Wildman–Crippen MR) is 75.0 cm³/mol. The Labute approximate surface area is 118 Å². The number of hydrogen-bond acceptors (Lipinski definition) is 3. The molecule has 0 aromatic heterocycles. The molecule has 104 valence electrons. The standard InChI is InChI=1S/C13H16ClNO3S/c1-19(17,18)11-6-7-15(9-11)13(16)8-10-4-2-3-5-12(10)14/h2-5,11H,6-9H2,1H3/t11-/m1/s1. The maximum absolute atomic E-state index is 12.1. The van der Waals surface area contributed by atoms with Gasteiger partial charge in [0, 0.05) is 24.4 Å². The van der Waals surface area contributed by atoms with Crippen molar-refractivity contribution in [2.24, 2.45) is 0 Å². The van der Waals surface area contributed by atoms with Crippen LogP contribution in [0.15, 0.2) is 24.3 Å². The van der Waals surface area contributed by atoms with Gasteiger partial charge in [0.25, 0.3) is 0 Å². The van der Waals surface area contributed by atoms with Crippen molar-refractivity contribution in [3.8, 4) is 0 Å². The minimum absolute atomic E-state index is 0.0701. The topological polar surface area (TPSA) is 54.5 Å². The molecule has 1 aromatic carbocycles. The molecule has 0 N–H and O–H groups in total. The van der Waals surface area contributed by atoms with Crippen molar-refractivity contribution in [2.75, 3.05) is 19.3 Å². The highest BCUT2D eigenvalue weighted by molar-refractivity contribution is 7.91. The Bertz CT molecular complexity index is 585. The molecule has 0 bridgehead atoms. The van der Waals surface area contributed by atoms with Gasteiger partial charge in [-0.2, -0.15) is 0 Å². The van der Waals surface area contributed by atoms with Crippen molar-refractivity contribution in [1.29, 1.82) is 0 Å². The number of nitrogens with zero attached hydrogens (tertiary/aromatic N) is 1. The Morgan fingerprint density at radius 3 is 2.68 bits per heavy atom. The van der Waals surface area contributed by atoms with Gasteiger partial charge in [-0.15, -0.1) is 0 Å². The third-order valence-corrected chi connectivity index (χ3v) is 5.37. The summed E-state index contributed by atoms with van der Waals surface area (Å²) in [6, 6.07) is 7.20. The van der Waals surface area contributed by atoms with Crippen LogP contribution in [0.5, 0.6) is 0 Å². The number of sulfone groups is 1. The second-order valence-corrected chi connectivity index (χ2v) is 7.58. The summed E-state index contributed by atoms with van der Waals surface area (Å²) < 4.78 is 22.9. The second-order valence-electron chi connectivity index (χ2n) is 4.85. The normalized spacial score (nSPS) is 19.7. The lowest BCUT2D eigenvalue weighted by Gasteiger charge is -2.16. The van der Waals surface area contributed by atoms with Crippen LogP contribution in [-0.4, -0.2) is 43.8 Å². The van der Waals surface area contributed by atoms with Crippen molar-refractivity contribution in [2.45, 2.75) is 18.1 Å². The lowest BCUT2D eigenvalue weighted by Crippen LogP contribution is -2.32. The molecule has 0 aliphatic carbocycles. The fraction of sp³-hybridized carbons (Fsp3) is 0.462. The SMILES string of the molecule is CS(=O)(=O)[C@@H]1CCN(C(=O)Cc2ccccc2Cl)C1. The zero-order valence-corrected chi connectivity index (χ0v) is 12.2. The number of amides is 1. The number of rotatable bonds is 3. The Hall–Kier alpha value is -1.07. The van der Waals surface area contributed by atoms with E-state index in [1.54, 1.807) is 11.0 Å². The molecule has 4 nitrogen and oxygen atoms in total. The van der Waals surface area contributed by atoms with Crippen molar-refractivity contribution in [1.82, 2.24) is 4.90 Å². The van der Waals surface area contributed by atoms with E-state index in [4.69, 9.17) is 11.6 Å². The average molecular weight is 302 g/mol. The number of carbonyl (C=O) groups excluding carboxylic acids is 1. The van der Waals surface area contributed by atoms with E-state index in [0.717, 1.165) is 5.56 Å². The average Bonchev–Trinajstić information content (AvgIpc) is 2.81. The molecule has 0 unspecified atom stereocenters. The molecule has 0 radical (unpaired) electrons. The molecule has 0 saturated carbocycles. The quantitative estimate of drug-likeness (QED) is 0.851. The lowest BCUT2D eigenvalue weighted by atomic mass is 10.1. The third-order valence-electron chi connectivity index (χ3n) is 3.40. The largest absolute Gasteiger partial charge is 0.341 e. The van der Waals surface area contributed by atoms with Crippen LogP contribution in [0.1, 0.15) is 12.0 Å². The molecule has 6 heteroatoms. The Kier molecular flexibility index (Phi) is 4.16. The molecule has 1 heterocycles. The lowest BCUT2D eigenvalue weighted by molar-refractivity contribution is -0.129. The van der Waals surface area contributed by atoms with Crippen LogP contribution in [0.2, 0.25) is 5.02 Å². The number of benzene rings is 1. The van der Waals surface area contributed by atoms with Crippen molar-refractivity contribution < 1.29 is 13.2 Å². The summed E-state index contributed by atoms with van der Waals surface area (Å²) in [6.07, 6.45) is 1.96. The van der Waals surface area contributed by atoms with Gasteiger partial charge in [0.1, 0.15) is 0 Å². The maximum atomic E-state index is 12.1. The predicted octanol–water partition coefficient (Wildman–Crippen LogP) is 1.53. The molecule has 1 aliphatic rings. The highest BCUT2D eigenvalue weighted by Gasteiger charge is 2.32. The monoisotopic (exact) mass is 301 g/mol. The van der Waals surface area contributed by atoms with Gasteiger partial charge in [-0.1, -0.05) is 29.8 Å². The molecule has 1 fully saturated rings. The van der Waals surface area contributed by atoms with E-state index >= 15 is 0 Å². The van der Waals surface area contributed by atoms with E-state index in [0.29, 0.717) is 24.5 Å². The van der Waals surface area contributed by atoms with Gasteiger partial charge in [-0.25, -0.2) is 8.42 Å². The van der Waals surface area contributed by atoms with Crippen LogP contribution in [0.3, 0.4) is 0 Å². The molecule has 0 spiro atoms. The van der Waals surface area contributed by atoms with Gasteiger partial charge in [0.15, 0.2) is 9.84 Å². The summed E-state index contributed by atoms with van der Waals surface area (Å²) in [7, 11) is -3.07. The number of likely N-dealkylation sites (tertiary alicyclic amines) is 1. The first-order chi connectivity index (χ1) is 8.88. The molecule has 1 amide bonds. The summed E-state index contributed by atoms with van der Waals surface area (Å²) in [4.78, 5) is 13.7. The highest BCUT2D eigenvalue weighted by Crippen LogP contribution is 2.20. The van der Waals surface area contributed by atoms with Crippen LogP contribution in [-0.2, 0) is 21.1 Å². The smallest absolute Gasteiger partial charge is 0.227 e. The van der Waals surface area contributed by atoms with Crippen molar-refractivity contribution in [3.05, 3.63) is 34.9 Å². The molecule has 1 saturated heterocycles. The van der Waals surface area contributed by atoms with E-state index in [1.165, 1.54) is 6.26 Å². The van der Waals surface area contributed by atoms with E-state index in [9.17, 15) is 13.2 Å². The fourth-order valence-corrected chi connectivity index (χ4v) is 3.41. The van der Waals surface area contributed by atoms with E-state index in [-0.39, 0.29) is 12.3 Å². The van der Waals surface area contributed by atoms with Gasteiger partial charge in [-0.3, -0.25) is 4.79 Å². The minimum atomic E-state index is -3.07. The summed E-state index contributed by atoms with van der Waals surface area (Å²) in [6.45, 7) is 0.795. The van der Waals surface area contributed by atoms with Crippen LogP contribution in [0.25, 0.3) is 0 Å². The summed E-state index contributed by atoms with van der Waals surface area (Å²) in [5, 5.41) is 0.136. The first kappa shape index (κ1) is 14.3. The van der Waals surface area contributed by atoms with Gasteiger partial charge in [-0.05, 0) is 18.1 Å². The van der Waals surface area contributed by atoms with Crippen LogP contribution < -0.4 is 0 Å². The van der Waals surface area contributed by atoms with Gasteiger partial charge in [0.05, 0.1) is 11.7 Å². The Balaban J connectivity index is 2.01. The van der Waals surface area contributed by atoms with E-state index < -0.39 is 15.1 Å². The molecule has 2 rings (SSSR count). The van der Waals surface area contributed by atoms with E-state index in [2.05, 4.69) is 0 Å². The number of hydrogen-bond donors (Lipinski definition) is 0. The first-order valence-electron chi connectivity index (χ1n) is 6.08. The zero-order chi connectivity index (χ0) is 14.0. The first-order valence-corrected chi connectivity index (χ1v) is 8.41. The van der Waals surface area contributed by atoms with Crippen molar-refractivity contribution >= 4 is 27.3 Å². The summed E-state index contributed by atoms with van der Waals surface area (Å²) in [5.74, 6) is -0.0701. The van der Waals surface area contributed by atoms with Gasteiger partial charge < -0.3 is 4.90 Å². The van der Waals surface area contributed by atoms with E-state index in [1.807, 2.05) is 18.2 Å². The van der Waals surface area contributed by atoms with Gasteiger partial charge in [0.2, 0.25) is 5.91 Å². The second kappa shape index (κ2) is 5.51. The van der Waals surface area contributed by atoms with Crippen LogP contribution >= 0.6 is 11.6 Å². The molecule has 1 atom stereocenters. The number of carbonyl (C=O) groups is 1. The number of halogens is 1.